The molecule has 0 saturated heterocycles. The lowest BCUT2D eigenvalue weighted by molar-refractivity contribution is 0.459. The van der Waals surface area contributed by atoms with E-state index in [0.717, 1.165) is 11.8 Å². The maximum Gasteiger partial charge on any atom is 0.0441 e. The Morgan fingerprint density at radius 2 is 2.33 bits per heavy atom. The zero-order chi connectivity index (χ0) is 7.97. The molecule has 2 heteroatoms. The minimum atomic E-state index is 0.714. The molecule has 0 amide bonds. The Bertz CT molecular complexity index is 251. The fraction of sp³-hybridized carbons (Fsp3) is 0.700. The number of hydrogen-bond donors (Lipinski definition) is 1. The van der Waals surface area contributed by atoms with E-state index < -0.39 is 0 Å². The van der Waals surface area contributed by atoms with E-state index in [-0.39, 0.29) is 0 Å². The summed E-state index contributed by atoms with van der Waals surface area (Å²) in [6, 6.07) is 0.714. The molecule has 0 aromatic carbocycles. The molecule has 3 aliphatic carbocycles. The second kappa shape index (κ2) is 2.35. The lowest BCUT2D eigenvalue weighted by atomic mass is 9.74. The molecule has 2 atom stereocenters. The van der Waals surface area contributed by atoms with Crippen LogP contribution in [-0.2, 0) is 0 Å². The molecule has 1 N–H and O–H groups in total. The normalized spacial score (nSPS) is 41.2. The van der Waals surface area contributed by atoms with Gasteiger partial charge in [0.15, 0.2) is 0 Å². The van der Waals surface area contributed by atoms with Gasteiger partial charge in [0.1, 0.15) is 0 Å². The number of fused-ring (bicyclic) bond motifs is 1. The fourth-order valence-electron chi connectivity index (χ4n) is 2.05. The molecule has 0 heterocycles. The molecule has 3 aliphatic rings. The quantitative estimate of drug-likeness (QED) is 0.485. The van der Waals surface area contributed by atoms with E-state index in [1.54, 1.807) is 0 Å². The Labute approximate surface area is 72.7 Å². The van der Waals surface area contributed by atoms with Crippen molar-refractivity contribution in [3.63, 3.8) is 0 Å². The third kappa shape index (κ3) is 0.977. The number of nitrogens with zero attached hydrogens (tertiary/aromatic N) is 1. The first-order chi connectivity index (χ1) is 5.93. The number of rotatable bonds is 2. The smallest absolute Gasteiger partial charge is 0.0441 e. The van der Waals surface area contributed by atoms with Crippen LogP contribution in [0, 0.1) is 11.8 Å². The van der Waals surface area contributed by atoms with Gasteiger partial charge in [0.25, 0.3) is 0 Å². The van der Waals surface area contributed by atoms with Gasteiger partial charge >= 0.3 is 0 Å². The molecule has 2 unspecified atom stereocenters. The van der Waals surface area contributed by atoms with Crippen molar-refractivity contribution >= 4 is 5.71 Å². The highest BCUT2D eigenvalue weighted by Gasteiger charge is 2.38. The van der Waals surface area contributed by atoms with Crippen LogP contribution in [-0.4, -0.2) is 11.8 Å². The summed E-state index contributed by atoms with van der Waals surface area (Å²) in [5.41, 5.74) is 4.65. The fourth-order valence-corrected chi connectivity index (χ4v) is 2.05. The van der Waals surface area contributed by atoms with Crippen LogP contribution in [0.5, 0.6) is 0 Å². The van der Waals surface area contributed by atoms with Gasteiger partial charge in [-0.15, -0.1) is 0 Å². The molecule has 0 aliphatic heterocycles. The third-order valence-corrected chi connectivity index (χ3v) is 3.13. The van der Waals surface area contributed by atoms with Crippen LogP contribution in [0.3, 0.4) is 0 Å². The Kier molecular flexibility index (Phi) is 1.31. The minimum Gasteiger partial charge on any atom is -0.307 e. The Morgan fingerprint density at radius 1 is 1.42 bits per heavy atom. The zero-order valence-electron chi connectivity index (χ0n) is 7.16. The van der Waals surface area contributed by atoms with Crippen molar-refractivity contribution in [3.05, 3.63) is 12.2 Å². The number of hydrogen-bond acceptors (Lipinski definition) is 2. The van der Waals surface area contributed by atoms with Crippen LogP contribution >= 0.6 is 0 Å². The summed E-state index contributed by atoms with van der Waals surface area (Å²) in [7, 11) is 0. The first kappa shape index (κ1) is 6.70. The zero-order valence-corrected chi connectivity index (χ0v) is 7.16. The van der Waals surface area contributed by atoms with E-state index in [2.05, 4.69) is 22.7 Å². The summed E-state index contributed by atoms with van der Waals surface area (Å²) < 4.78 is 0. The van der Waals surface area contributed by atoms with E-state index in [1.165, 1.54) is 31.4 Å². The van der Waals surface area contributed by atoms with Gasteiger partial charge in [0, 0.05) is 17.7 Å². The first-order valence-electron chi connectivity index (χ1n) is 4.92. The summed E-state index contributed by atoms with van der Waals surface area (Å²) in [4.78, 5) is 0. The van der Waals surface area contributed by atoms with Gasteiger partial charge in [-0.1, -0.05) is 12.2 Å². The van der Waals surface area contributed by atoms with E-state index in [4.69, 9.17) is 0 Å². The minimum absolute atomic E-state index is 0.714. The number of nitrogens with one attached hydrogen (secondary N) is 1. The molecule has 2 saturated carbocycles. The summed E-state index contributed by atoms with van der Waals surface area (Å²) in [6.45, 7) is 0. The summed E-state index contributed by atoms with van der Waals surface area (Å²) in [5.74, 6) is 1.61. The molecule has 0 aromatic rings. The van der Waals surface area contributed by atoms with Crippen molar-refractivity contribution in [3.8, 4) is 0 Å². The predicted octanol–water partition coefficient (Wildman–Crippen LogP) is 1.69. The summed E-state index contributed by atoms with van der Waals surface area (Å²) >= 11 is 0. The maximum atomic E-state index is 4.46. The molecular formula is C10H14N2. The van der Waals surface area contributed by atoms with Crippen molar-refractivity contribution < 1.29 is 0 Å². The molecule has 0 spiro atoms. The van der Waals surface area contributed by atoms with Crippen molar-refractivity contribution in [2.75, 3.05) is 0 Å². The SMILES string of the molecule is C1=CC2C/C(=N/NC3CC3)C2C1. The van der Waals surface area contributed by atoms with Crippen molar-refractivity contribution in [2.45, 2.75) is 31.7 Å². The van der Waals surface area contributed by atoms with Gasteiger partial charge in [0.2, 0.25) is 0 Å². The predicted molar refractivity (Wildman–Crippen MR) is 48.9 cm³/mol. The van der Waals surface area contributed by atoms with Crippen LogP contribution in [0.1, 0.15) is 25.7 Å². The topological polar surface area (TPSA) is 24.4 Å². The second-order valence-electron chi connectivity index (χ2n) is 4.14. The van der Waals surface area contributed by atoms with Crippen molar-refractivity contribution in [1.82, 2.24) is 5.43 Å². The molecule has 2 fully saturated rings. The van der Waals surface area contributed by atoms with Crippen LogP contribution in [0.15, 0.2) is 17.3 Å². The number of hydrazone groups is 1. The first-order valence-corrected chi connectivity index (χ1v) is 4.92. The Hall–Kier alpha value is -0.790. The summed E-state index contributed by atoms with van der Waals surface area (Å²) in [5, 5.41) is 4.46. The van der Waals surface area contributed by atoms with Crippen LogP contribution in [0.4, 0.5) is 0 Å². The lowest BCUT2D eigenvalue weighted by Crippen LogP contribution is -2.34. The van der Waals surface area contributed by atoms with Gasteiger partial charge in [-0.3, -0.25) is 0 Å². The van der Waals surface area contributed by atoms with Crippen molar-refractivity contribution in [2.24, 2.45) is 16.9 Å². The average Bonchev–Trinajstić information content (AvgIpc) is 2.78. The Morgan fingerprint density at radius 3 is 3.08 bits per heavy atom. The largest absolute Gasteiger partial charge is 0.307 e. The molecule has 0 aromatic heterocycles. The monoisotopic (exact) mass is 162 g/mol. The second-order valence-corrected chi connectivity index (χ2v) is 4.14. The molecule has 12 heavy (non-hydrogen) atoms. The van der Waals surface area contributed by atoms with Gasteiger partial charge in [-0.2, -0.15) is 5.10 Å². The standard InChI is InChI=1S/C10H14N2/c1-2-7-6-10(9(7)3-1)12-11-8-4-5-8/h1-2,7-9,11H,3-6H2/b12-10-. The van der Waals surface area contributed by atoms with E-state index in [9.17, 15) is 0 Å². The van der Waals surface area contributed by atoms with Crippen LogP contribution < -0.4 is 5.43 Å². The van der Waals surface area contributed by atoms with Gasteiger partial charge in [-0.05, 0) is 31.6 Å². The van der Waals surface area contributed by atoms with E-state index in [1.807, 2.05) is 0 Å². The van der Waals surface area contributed by atoms with Crippen molar-refractivity contribution in [1.29, 1.82) is 0 Å². The van der Waals surface area contributed by atoms with Gasteiger partial charge in [0.05, 0.1) is 0 Å². The van der Waals surface area contributed by atoms with Crippen LogP contribution in [0.25, 0.3) is 0 Å². The third-order valence-electron chi connectivity index (χ3n) is 3.13. The highest BCUT2D eigenvalue weighted by Crippen LogP contribution is 2.40. The highest BCUT2D eigenvalue weighted by molar-refractivity contribution is 5.93. The maximum absolute atomic E-state index is 4.46. The molecule has 64 valence electrons. The number of allylic oxidation sites excluding steroid dienone is 2. The highest BCUT2D eigenvalue weighted by atomic mass is 15.3. The van der Waals surface area contributed by atoms with E-state index >= 15 is 0 Å². The molecular weight excluding hydrogens is 148 g/mol. The Balaban J connectivity index is 1.60. The summed E-state index contributed by atoms with van der Waals surface area (Å²) in [6.07, 6.45) is 9.73. The molecule has 0 bridgehead atoms. The lowest BCUT2D eigenvalue weighted by Gasteiger charge is -2.31. The molecule has 3 rings (SSSR count). The van der Waals surface area contributed by atoms with Gasteiger partial charge in [-0.25, -0.2) is 0 Å². The van der Waals surface area contributed by atoms with Gasteiger partial charge < -0.3 is 5.43 Å². The van der Waals surface area contributed by atoms with E-state index in [0.29, 0.717) is 6.04 Å². The van der Waals surface area contributed by atoms with Crippen LogP contribution in [0.2, 0.25) is 0 Å². The molecule has 0 radical (unpaired) electrons. The molecule has 2 nitrogen and oxygen atoms in total. The average molecular weight is 162 g/mol.